The van der Waals surface area contributed by atoms with Crippen molar-refractivity contribution >= 4 is 27.8 Å². The predicted molar refractivity (Wildman–Crippen MR) is 78.1 cm³/mol. The summed E-state index contributed by atoms with van der Waals surface area (Å²) in [5, 5.41) is 2.61. The van der Waals surface area contributed by atoms with Crippen LogP contribution in [0, 0.1) is 0 Å². The van der Waals surface area contributed by atoms with Crippen LogP contribution in [-0.4, -0.2) is 31.7 Å². The third-order valence-corrected chi connectivity index (χ3v) is 3.02. The predicted octanol–water partition coefficient (Wildman–Crippen LogP) is 2.20. The molecule has 1 amide bonds. The zero-order valence-corrected chi connectivity index (χ0v) is 13.3. The van der Waals surface area contributed by atoms with Gasteiger partial charge in [0, 0.05) is 4.47 Å². The maximum Gasteiger partial charge on any atom is 0.333 e. The fourth-order valence-corrected chi connectivity index (χ4v) is 1.76. The topological polar surface area (TPSA) is 64.6 Å². The van der Waals surface area contributed by atoms with Crippen molar-refractivity contribution in [1.29, 1.82) is 0 Å². The molecule has 0 spiro atoms. The molecule has 0 unspecified atom stereocenters. The van der Waals surface area contributed by atoms with E-state index in [0.717, 1.165) is 4.47 Å². The van der Waals surface area contributed by atoms with Gasteiger partial charge in [0.25, 0.3) is 0 Å². The van der Waals surface area contributed by atoms with Crippen molar-refractivity contribution in [3.8, 4) is 0 Å². The lowest BCUT2D eigenvalue weighted by Gasteiger charge is -2.17. The number of esters is 1. The van der Waals surface area contributed by atoms with Gasteiger partial charge in [-0.05, 0) is 31.5 Å². The Kier molecular flexibility index (Phi) is 6.67. The Morgan fingerprint density at radius 1 is 1.25 bits per heavy atom. The number of methoxy groups -OCH3 is 1. The number of halogens is 1. The molecule has 0 aliphatic rings. The maximum atomic E-state index is 11.8. The van der Waals surface area contributed by atoms with Gasteiger partial charge in [0.2, 0.25) is 5.91 Å². The molecular formula is C14H18BrNO4. The van der Waals surface area contributed by atoms with Gasteiger partial charge in [0.1, 0.15) is 6.61 Å². The molecule has 110 valence electrons. The average Bonchev–Trinajstić information content (AvgIpc) is 2.43. The van der Waals surface area contributed by atoms with Gasteiger partial charge >= 0.3 is 5.97 Å². The van der Waals surface area contributed by atoms with Crippen LogP contribution in [0.15, 0.2) is 28.7 Å². The lowest BCUT2D eigenvalue weighted by atomic mass is 10.1. The summed E-state index contributed by atoms with van der Waals surface area (Å²) < 4.78 is 10.8. The van der Waals surface area contributed by atoms with Crippen LogP contribution < -0.4 is 5.32 Å². The van der Waals surface area contributed by atoms with Crippen molar-refractivity contribution in [2.75, 3.05) is 13.7 Å². The second-order valence-corrected chi connectivity index (χ2v) is 5.35. The largest absolute Gasteiger partial charge is 0.467 e. The highest BCUT2D eigenvalue weighted by atomic mass is 79.9. The zero-order chi connectivity index (χ0) is 15.1. The van der Waals surface area contributed by atoms with Gasteiger partial charge in [-0.15, -0.1) is 0 Å². The van der Waals surface area contributed by atoms with Gasteiger partial charge in [-0.3, -0.25) is 4.79 Å². The Morgan fingerprint density at radius 2 is 1.85 bits per heavy atom. The Labute approximate surface area is 126 Å². The van der Waals surface area contributed by atoms with E-state index < -0.39 is 12.0 Å². The summed E-state index contributed by atoms with van der Waals surface area (Å²) >= 11 is 3.32. The van der Waals surface area contributed by atoms with Gasteiger partial charge in [0.05, 0.1) is 13.2 Å². The summed E-state index contributed by atoms with van der Waals surface area (Å²) in [4.78, 5) is 23.5. The zero-order valence-electron chi connectivity index (χ0n) is 11.7. The molecule has 1 atom stereocenters. The minimum atomic E-state index is -0.837. The molecule has 0 bridgehead atoms. The van der Waals surface area contributed by atoms with Crippen LogP contribution >= 0.6 is 15.9 Å². The first-order valence-electron chi connectivity index (χ1n) is 6.18. The van der Waals surface area contributed by atoms with E-state index >= 15 is 0 Å². The van der Waals surface area contributed by atoms with Crippen molar-refractivity contribution in [3.63, 3.8) is 0 Å². The fraction of sp³-hybridized carbons (Fsp3) is 0.429. The van der Waals surface area contributed by atoms with Gasteiger partial charge < -0.3 is 14.8 Å². The summed E-state index contributed by atoms with van der Waals surface area (Å²) in [5.74, 6) is -0.887. The van der Waals surface area contributed by atoms with Gasteiger partial charge in [-0.1, -0.05) is 28.1 Å². The molecule has 0 aliphatic carbocycles. The van der Waals surface area contributed by atoms with Crippen LogP contribution in [0.5, 0.6) is 0 Å². The number of amides is 1. The smallest absolute Gasteiger partial charge is 0.333 e. The Bertz CT molecular complexity index is 459. The molecular weight excluding hydrogens is 326 g/mol. The summed E-state index contributed by atoms with van der Waals surface area (Å²) in [6.45, 7) is 3.57. The number of rotatable bonds is 6. The van der Waals surface area contributed by atoms with E-state index in [1.807, 2.05) is 13.8 Å². The van der Waals surface area contributed by atoms with Crippen LogP contribution in [0.3, 0.4) is 0 Å². The third kappa shape index (κ3) is 5.30. The first-order chi connectivity index (χ1) is 9.43. The van der Waals surface area contributed by atoms with Crippen molar-refractivity contribution in [2.45, 2.75) is 26.0 Å². The van der Waals surface area contributed by atoms with Crippen LogP contribution in [0.2, 0.25) is 0 Å². The number of carbonyl (C=O) groups excluding carboxylic acids is 2. The lowest BCUT2D eigenvalue weighted by Crippen LogP contribution is -2.37. The third-order valence-electron chi connectivity index (χ3n) is 2.49. The first kappa shape index (κ1) is 16.7. The summed E-state index contributed by atoms with van der Waals surface area (Å²) in [7, 11) is 1.28. The number of hydrogen-bond donors (Lipinski definition) is 1. The van der Waals surface area contributed by atoms with E-state index in [1.165, 1.54) is 7.11 Å². The monoisotopic (exact) mass is 343 g/mol. The summed E-state index contributed by atoms with van der Waals surface area (Å²) in [6.07, 6.45) is -0.0509. The number of hydrogen-bond acceptors (Lipinski definition) is 4. The number of ether oxygens (including phenoxy) is 2. The van der Waals surface area contributed by atoms with Gasteiger partial charge in [-0.25, -0.2) is 4.79 Å². The second kappa shape index (κ2) is 8.01. The summed E-state index contributed by atoms with van der Waals surface area (Å²) in [5.41, 5.74) is 0.651. The van der Waals surface area contributed by atoms with Crippen molar-refractivity contribution in [2.24, 2.45) is 0 Å². The Hall–Kier alpha value is -1.40. The van der Waals surface area contributed by atoms with E-state index in [-0.39, 0.29) is 18.6 Å². The SMILES string of the molecule is COC(=O)[C@@H](NC(=O)COC(C)C)c1ccc(Br)cc1. The molecule has 5 nitrogen and oxygen atoms in total. The lowest BCUT2D eigenvalue weighted by molar-refractivity contribution is -0.146. The Morgan fingerprint density at radius 3 is 2.35 bits per heavy atom. The highest BCUT2D eigenvalue weighted by molar-refractivity contribution is 9.10. The molecule has 0 radical (unpaired) electrons. The number of nitrogens with one attached hydrogen (secondary N) is 1. The number of carbonyl (C=O) groups is 2. The molecule has 0 heterocycles. The standard InChI is InChI=1S/C14H18BrNO4/c1-9(2)20-8-12(17)16-13(14(18)19-3)10-4-6-11(15)7-5-10/h4-7,9,13H,8H2,1-3H3,(H,16,17)/t13-/m0/s1. The molecule has 1 rings (SSSR count). The highest BCUT2D eigenvalue weighted by Crippen LogP contribution is 2.18. The maximum absolute atomic E-state index is 11.8. The van der Waals surface area contributed by atoms with Crippen LogP contribution in [-0.2, 0) is 19.1 Å². The Balaban J connectivity index is 2.77. The van der Waals surface area contributed by atoms with Gasteiger partial charge in [-0.2, -0.15) is 0 Å². The first-order valence-corrected chi connectivity index (χ1v) is 6.97. The van der Waals surface area contributed by atoms with Crippen molar-refractivity contribution < 1.29 is 19.1 Å². The molecule has 1 aromatic carbocycles. The second-order valence-electron chi connectivity index (χ2n) is 4.43. The molecule has 1 N–H and O–H groups in total. The summed E-state index contributed by atoms with van der Waals surface area (Å²) in [6, 6.07) is 6.24. The van der Waals surface area contributed by atoms with E-state index in [2.05, 4.69) is 21.2 Å². The van der Waals surface area contributed by atoms with Crippen LogP contribution in [0.4, 0.5) is 0 Å². The molecule has 0 fully saturated rings. The van der Waals surface area contributed by atoms with Crippen LogP contribution in [0.1, 0.15) is 25.5 Å². The van der Waals surface area contributed by atoms with Crippen molar-refractivity contribution in [3.05, 3.63) is 34.3 Å². The molecule has 20 heavy (non-hydrogen) atoms. The van der Waals surface area contributed by atoms with Crippen molar-refractivity contribution in [1.82, 2.24) is 5.32 Å². The molecule has 0 aliphatic heterocycles. The van der Waals surface area contributed by atoms with Crippen LogP contribution in [0.25, 0.3) is 0 Å². The minimum Gasteiger partial charge on any atom is -0.467 e. The minimum absolute atomic E-state index is 0.0509. The average molecular weight is 344 g/mol. The highest BCUT2D eigenvalue weighted by Gasteiger charge is 2.23. The molecule has 0 saturated carbocycles. The fourth-order valence-electron chi connectivity index (χ4n) is 1.50. The van der Waals surface area contributed by atoms with Gasteiger partial charge in [0.15, 0.2) is 6.04 Å². The number of benzene rings is 1. The van der Waals surface area contributed by atoms with E-state index in [1.54, 1.807) is 24.3 Å². The molecule has 0 aromatic heterocycles. The van der Waals surface area contributed by atoms with E-state index in [9.17, 15) is 9.59 Å². The molecule has 1 aromatic rings. The van der Waals surface area contributed by atoms with E-state index in [4.69, 9.17) is 9.47 Å². The quantitative estimate of drug-likeness (QED) is 0.804. The normalized spacial score (nSPS) is 12.1. The molecule has 6 heteroatoms. The van der Waals surface area contributed by atoms with E-state index in [0.29, 0.717) is 5.56 Å². The molecule has 0 saturated heterocycles.